The molecule has 0 aliphatic rings. The van der Waals surface area contributed by atoms with Crippen LogP contribution in [-0.4, -0.2) is 16.3 Å². The molecule has 0 aliphatic heterocycles. The third-order valence-corrected chi connectivity index (χ3v) is 2.24. The first kappa shape index (κ1) is 11.0. The van der Waals surface area contributed by atoms with Gasteiger partial charge in [0.15, 0.2) is 6.10 Å². The number of hydrogen-bond acceptors (Lipinski definition) is 3. The quantitative estimate of drug-likeness (QED) is 0.586. The Hall–Kier alpha value is -1.08. The van der Waals surface area contributed by atoms with Crippen molar-refractivity contribution in [3.8, 4) is 6.07 Å². The lowest BCUT2D eigenvalue weighted by Gasteiger charge is -2.14. The molecular formula is C10H10ClNO2. The van der Waals surface area contributed by atoms with Gasteiger partial charge in [0, 0.05) is 5.88 Å². The molecule has 0 saturated heterocycles. The number of rotatable bonds is 3. The van der Waals surface area contributed by atoms with E-state index in [1.165, 1.54) is 0 Å². The maximum absolute atomic E-state index is 9.57. The third-order valence-electron chi connectivity index (χ3n) is 1.95. The summed E-state index contributed by atoms with van der Waals surface area (Å²) in [6.07, 6.45) is -2.62. The van der Waals surface area contributed by atoms with Crippen molar-refractivity contribution >= 4 is 11.6 Å². The molecule has 0 spiro atoms. The molecular weight excluding hydrogens is 202 g/mol. The van der Waals surface area contributed by atoms with Crippen LogP contribution in [0.15, 0.2) is 24.3 Å². The van der Waals surface area contributed by atoms with Crippen LogP contribution in [0.3, 0.4) is 0 Å². The topological polar surface area (TPSA) is 64.2 Å². The molecule has 0 amide bonds. The molecule has 4 heteroatoms. The van der Waals surface area contributed by atoms with Crippen molar-refractivity contribution in [1.29, 1.82) is 5.26 Å². The van der Waals surface area contributed by atoms with E-state index in [2.05, 4.69) is 0 Å². The number of nitriles is 1. The Kier molecular flexibility index (Phi) is 3.90. The molecule has 2 N–H and O–H groups in total. The van der Waals surface area contributed by atoms with E-state index in [0.29, 0.717) is 5.56 Å². The minimum absolute atomic E-state index is 0.241. The molecule has 2 unspecified atom stereocenters. The van der Waals surface area contributed by atoms with Crippen LogP contribution < -0.4 is 0 Å². The minimum atomic E-state index is -1.42. The van der Waals surface area contributed by atoms with Crippen LogP contribution in [0.4, 0.5) is 0 Å². The zero-order valence-corrected chi connectivity index (χ0v) is 8.15. The van der Waals surface area contributed by atoms with E-state index in [-0.39, 0.29) is 5.88 Å². The number of aliphatic hydroxyl groups excluding tert-OH is 2. The molecule has 0 fully saturated rings. The summed E-state index contributed by atoms with van der Waals surface area (Å²) in [6, 6.07) is 8.47. The van der Waals surface area contributed by atoms with Gasteiger partial charge < -0.3 is 10.2 Å². The van der Waals surface area contributed by atoms with Gasteiger partial charge in [0.2, 0.25) is 0 Å². The summed E-state index contributed by atoms with van der Waals surface area (Å²) in [5.74, 6) is 0.241. The molecule has 0 saturated carbocycles. The van der Waals surface area contributed by atoms with Gasteiger partial charge in [-0.3, -0.25) is 0 Å². The number of nitrogens with zero attached hydrogens (tertiary/aromatic N) is 1. The van der Waals surface area contributed by atoms with E-state index in [4.69, 9.17) is 22.0 Å². The van der Waals surface area contributed by atoms with Crippen LogP contribution in [0, 0.1) is 11.3 Å². The lowest BCUT2D eigenvalue weighted by atomic mass is 10.0. The fourth-order valence-corrected chi connectivity index (χ4v) is 1.43. The highest BCUT2D eigenvalue weighted by molar-refractivity contribution is 6.17. The second-order valence-electron chi connectivity index (χ2n) is 2.85. The Balaban J connectivity index is 3.00. The lowest BCUT2D eigenvalue weighted by Crippen LogP contribution is -2.17. The molecule has 0 heterocycles. The maximum Gasteiger partial charge on any atom is 0.170 e. The lowest BCUT2D eigenvalue weighted by molar-refractivity contribution is 0.0523. The van der Waals surface area contributed by atoms with Crippen molar-refractivity contribution in [2.45, 2.75) is 18.1 Å². The van der Waals surface area contributed by atoms with Crippen molar-refractivity contribution in [3.63, 3.8) is 0 Å². The molecule has 0 radical (unpaired) electrons. The van der Waals surface area contributed by atoms with E-state index in [9.17, 15) is 5.11 Å². The van der Waals surface area contributed by atoms with Crippen LogP contribution in [0.2, 0.25) is 0 Å². The first-order chi connectivity index (χ1) is 6.70. The summed E-state index contributed by atoms with van der Waals surface area (Å²) in [5.41, 5.74) is 1.22. The first-order valence-corrected chi connectivity index (χ1v) is 4.63. The van der Waals surface area contributed by atoms with Gasteiger partial charge in [-0.15, -0.1) is 11.6 Å². The summed E-state index contributed by atoms with van der Waals surface area (Å²) >= 11 is 5.65. The predicted octanol–water partition coefficient (Wildman–Crippen LogP) is 1.34. The smallest absolute Gasteiger partial charge is 0.170 e. The summed E-state index contributed by atoms with van der Waals surface area (Å²) in [7, 11) is 0. The highest BCUT2D eigenvalue weighted by Crippen LogP contribution is 2.22. The minimum Gasteiger partial charge on any atom is -0.385 e. The van der Waals surface area contributed by atoms with Gasteiger partial charge in [0.05, 0.1) is 6.07 Å². The van der Waals surface area contributed by atoms with Crippen molar-refractivity contribution in [2.24, 2.45) is 0 Å². The maximum atomic E-state index is 9.57. The molecule has 14 heavy (non-hydrogen) atoms. The number of alkyl halides is 1. The van der Waals surface area contributed by atoms with Gasteiger partial charge in [0.1, 0.15) is 6.10 Å². The number of benzene rings is 1. The molecule has 0 bridgehead atoms. The SMILES string of the molecule is N#CC(O)C(O)c1ccccc1CCl. The Morgan fingerprint density at radius 3 is 2.57 bits per heavy atom. The van der Waals surface area contributed by atoms with Crippen LogP contribution in [0.25, 0.3) is 0 Å². The second-order valence-corrected chi connectivity index (χ2v) is 3.12. The normalized spacial score (nSPS) is 14.4. The monoisotopic (exact) mass is 211 g/mol. The molecule has 0 aliphatic carbocycles. The fraction of sp³-hybridized carbons (Fsp3) is 0.300. The molecule has 2 atom stereocenters. The highest BCUT2D eigenvalue weighted by Gasteiger charge is 2.19. The molecule has 1 aromatic rings. The summed E-state index contributed by atoms with van der Waals surface area (Å²) in [5, 5.41) is 27.2. The first-order valence-electron chi connectivity index (χ1n) is 4.10. The third kappa shape index (κ3) is 2.24. The van der Waals surface area contributed by atoms with Crippen LogP contribution >= 0.6 is 11.6 Å². The second kappa shape index (κ2) is 4.97. The molecule has 1 aromatic carbocycles. The predicted molar refractivity (Wildman–Crippen MR) is 52.6 cm³/mol. The average molecular weight is 212 g/mol. The van der Waals surface area contributed by atoms with Gasteiger partial charge in [-0.1, -0.05) is 24.3 Å². The fourth-order valence-electron chi connectivity index (χ4n) is 1.19. The summed E-state index contributed by atoms with van der Waals surface area (Å²) in [6.45, 7) is 0. The summed E-state index contributed by atoms with van der Waals surface area (Å²) < 4.78 is 0. The number of aliphatic hydroxyl groups is 2. The number of hydrogen-bond donors (Lipinski definition) is 2. The van der Waals surface area contributed by atoms with Crippen LogP contribution in [0.1, 0.15) is 17.2 Å². The zero-order chi connectivity index (χ0) is 10.6. The molecule has 3 nitrogen and oxygen atoms in total. The van der Waals surface area contributed by atoms with E-state index >= 15 is 0 Å². The van der Waals surface area contributed by atoms with Crippen LogP contribution in [-0.2, 0) is 5.88 Å². The van der Waals surface area contributed by atoms with Gasteiger partial charge in [-0.2, -0.15) is 5.26 Å². The standard InChI is InChI=1S/C10H10ClNO2/c11-5-7-3-1-2-4-8(7)10(14)9(13)6-12/h1-4,9-10,13-14H,5H2. The summed E-state index contributed by atoms with van der Waals surface area (Å²) in [4.78, 5) is 0. The van der Waals surface area contributed by atoms with Gasteiger partial charge in [0.25, 0.3) is 0 Å². The zero-order valence-electron chi connectivity index (χ0n) is 7.39. The van der Waals surface area contributed by atoms with E-state index in [1.807, 2.05) is 0 Å². The van der Waals surface area contributed by atoms with E-state index in [1.54, 1.807) is 30.3 Å². The Morgan fingerprint density at radius 2 is 2.00 bits per heavy atom. The molecule has 74 valence electrons. The van der Waals surface area contributed by atoms with Gasteiger partial charge in [-0.05, 0) is 11.1 Å². The van der Waals surface area contributed by atoms with Crippen molar-refractivity contribution in [1.82, 2.24) is 0 Å². The van der Waals surface area contributed by atoms with Crippen LogP contribution in [0.5, 0.6) is 0 Å². The molecule has 0 aromatic heterocycles. The van der Waals surface area contributed by atoms with Crippen molar-refractivity contribution < 1.29 is 10.2 Å². The molecule has 1 rings (SSSR count). The van der Waals surface area contributed by atoms with Crippen molar-refractivity contribution in [3.05, 3.63) is 35.4 Å². The van der Waals surface area contributed by atoms with Gasteiger partial charge in [-0.25, -0.2) is 0 Å². The highest BCUT2D eigenvalue weighted by atomic mass is 35.5. The average Bonchev–Trinajstić information content (AvgIpc) is 2.26. The van der Waals surface area contributed by atoms with E-state index < -0.39 is 12.2 Å². The van der Waals surface area contributed by atoms with Crippen molar-refractivity contribution in [2.75, 3.05) is 0 Å². The largest absolute Gasteiger partial charge is 0.385 e. The van der Waals surface area contributed by atoms with Gasteiger partial charge >= 0.3 is 0 Å². The number of halogens is 1. The Bertz CT molecular complexity index is 348. The van der Waals surface area contributed by atoms with E-state index in [0.717, 1.165) is 5.56 Å². The Labute approximate surface area is 87.2 Å². The Morgan fingerprint density at radius 1 is 1.36 bits per heavy atom.